The van der Waals surface area contributed by atoms with Crippen molar-refractivity contribution in [3.05, 3.63) is 47.3 Å². The van der Waals surface area contributed by atoms with Gasteiger partial charge in [-0.2, -0.15) is 5.10 Å². The van der Waals surface area contributed by atoms with Crippen LogP contribution in [0.1, 0.15) is 53.7 Å². The minimum absolute atomic E-state index is 0.108. The van der Waals surface area contributed by atoms with E-state index < -0.39 is 5.91 Å². The van der Waals surface area contributed by atoms with Gasteiger partial charge in [-0.15, -0.1) is 0 Å². The zero-order valence-corrected chi connectivity index (χ0v) is 13.8. The van der Waals surface area contributed by atoms with Gasteiger partial charge in [0.05, 0.1) is 5.69 Å². The van der Waals surface area contributed by atoms with Crippen molar-refractivity contribution in [1.82, 2.24) is 9.78 Å². The van der Waals surface area contributed by atoms with Crippen LogP contribution in [-0.4, -0.2) is 21.6 Å². The van der Waals surface area contributed by atoms with Crippen molar-refractivity contribution in [2.24, 2.45) is 5.73 Å². The molecule has 24 heavy (non-hydrogen) atoms. The number of aryl methyl sites for hydroxylation is 2. The molecule has 6 heteroatoms. The molecule has 6 nitrogen and oxygen atoms in total. The molecule has 1 aromatic heterocycles. The Hall–Kier alpha value is -2.63. The molecule has 3 rings (SSSR count). The van der Waals surface area contributed by atoms with Crippen molar-refractivity contribution >= 4 is 17.5 Å². The Labute approximate surface area is 141 Å². The molecule has 0 radical (unpaired) electrons. The monoisotopic (exact) mass is 326 g/mol. The molecule has 0 bridgehead atoms. The minimum Gasteiger partial charge on any atom is -0.364 e. The third-order valence-corrected chi connectivity index (χ3v) is 4.57. The van der Waals surface area contributed by atoms with Gasteiger partial charge in [0.1, 0.15) is 0 Å². The van der Waals surface area contributed by atoms with Crippen molar-refractivity contribution < 1.29 is 9.59 Å². The first-order valence-electron chi connectivity index (χ1n) is 8.33. The Morgan fingerprint density at radius 2 is 2.17 bits per heavy atom. The highest BCUT2D eigenvalue weighted by atomic mass is 16.2. The maximum Gasteiger partial charge on any atom is 0.271 e. The predicted octanol–water partition coefficient (Wildman–Crippen LogP) is 2.45. The Balaban J connectivity index is 1.61. The van der Waals surface area contributed by atoms with Gasteiger partial charge in [-0.05, 0) is 43.2 Å². The second kappa shape index (κ2) is 6.86. The first-order valence-corrected chi connectivity index (χ1v) is 8.33. The molecule has 126 valence electrons. The lowest BCUT2D eigenvalue weighted by Gasteiger charge is -2.11. The van der Waals surface area contributed by atoms with E-state index in [1.54, 1.807) is 10.9 Å². The number of hydrogen-bond donors (Lipinski definition) is 2. The van der Waals surface area contributed by atoms with Crippen LogP contribution in [0.2, 0.25) is 0 Å². The zero-order valence-electron chi connectivity index (χ0n) is 13.8. The number of fused-ring (bicyclic) bond motifs is 1. The summed E-state index contributed by atoms with van der Waals surface area (Å²) in [4.78, 5) is 23.7. The number of benzene rings is 1. The fourth-order valence-corrected chi connectivity index (χ4v) is 3.32. The molecule has 1 atom stereocenters. The van der Waals surface area contributed by atoms with Crippen LogP contribution < -0.4 is 11.1 Å². The molecular weight excluding hydrogens is 304 g/mol. The molecule has 0 saturated heterocycles. The van der Waals surface area contributed by atoms with E-state index in [2.05, 4.69) is 34.7 Å². The van der Waals surface area contributed by atoms with E-state index in [9.17, 15) is 9.59 Å². The van der Waals surface area contributed by atoms with Gasteiger partial charge in [0.25, 0.3) is 5.91 Å². The normalized spacial score (nSPS) is 16.0. The van der Waals surface area contributed by atoms with E-state index in [4.69, 9.17) is 5.73 Å². The summed E-state index contributed by atoms with van der Waals surface area (Å²) < 4.78 is 1.59. The van der Waals surface area contributed by atoms with Crippen molar-refractivity contribution in [3.63, 3.8) is 0 Å². The summed E-state index contributed by atoms with van der Waals surface area (Å²) in [5.74, 6) is -0.319. The van der Waals surface area contributed by atoms with E-state index >= 15 is 0 Å². The minimum atomic E-state index is -0.637. The van der Waals surface area contributed by atoms with E-state index in [-0.39, 0.29) is 11.6 Å². The number of carbonyl (C=O) groups excluding carboxylic acids is 2. The lowest BCUT2D eigenvalue weighted by molar-refractivity contribution is -0.116. The number of anilines is 1. The molecule has 3 N–H and O–H groups in total. The Morgan fingerprint density at radius 1 is 1.38 bits per heavy atom. The third-order valence-electron chi connectivity index (χ3n) is 4.57. The summed E-state index contributed by atoms with van der Waals surface area (Å²) in [7, 11) is 0. The smallest absolute Gasteiger partial charge is 0.271 e. The van der Waals surface area contributed by atoms with Crippen molar-refractivity contribution in [2.75, 3.05) is 5.32 Å². The number of primary amides is 1. The van der Waals surface area contributed by atoms with Gasteiger partial charge in [-0.3, -0.25) is 14.3 Å². The summed E-state index contributed by atoms with van der Waals surface area (Å²) in [6, 6.07) is 8.43. The Kier molecular flexibility index (Phi) is 4.64. The quantitative estimate of drug-likeness (QED) is 0.854. The number of amides is 2. The van der Waals surface area contributed by atoms with Gasteiger partial charge >= 0.3 is 0 Å². The molecule has 1 aliphatic rings. The number of nitrogens with two attached hydrogens (primary N) is 1. The van der Waals surface area contributed by atoms with Crippen LogP contribution in [0.5, 0.6) is 0 Å². The van der Waals surface area contributed by atoms with Crippen LogP contribution >= 0.6 is 0 Å². The van der Waals surface area contributed by atoms with Crippen molar-refractivity contribution in [1.29, 1.82) is 0 Å². The number of nitrogens with zero attached hydrogens (tertiary/aromatic N) is 2. The number of hydrogen-bond acceptors (Lipinski definition) is 3. The molecule has 0 aliphatic heterocycles. The van der Waals surface area contributed by atoms with Gasteiger partial charge in [0.2, 0.25) is 5.91 Å². The largest absolute Gasteiger partial charge is 0.364 e. The molecular formula is C18H22N4O2. The van der Waals surface area contributed by atoms with Gasteiger partial charge in [-0.25, -0.2) is 0 Å². The Morgan fingerprint density at radius 3 is 2.92 bits per heavy atom. The van der Waals surface area contributed by atoms with Gasteiger partial charge in [0, 0.05) is 19.2 Å². The van der Waals surface area contributed by atoms with Crippen LogP contribution in [0, 0.1) is 0 Å². The third kappa shape index (κ3) is 3.32. The molecule has 1 aliphatic carbocycles. The first kappa shape index (κ1) is 16.2. The average Bonchev–Trinajstić information content (AvgIpc) is 3.17. The SMILES string of the molecule is CCn1cc(NC(=O)CCC2CCc3ccccc32)c(C(N)=O)n1. The van der Waals surface area contributed by atoms with E-state index in [1.165, 1.54) is 11.1 Å². The van der Waals surface area contributed by atoms with Crippen LogP contribution in [0.15, 0.2) is 30.5 Å². The number of rotatable bonds is 6. The standard InChI is InChI=1S/C18H22N4O2/c1-2-22-11-15(17(21-22)18(19)24)20-16(23)10-9-13-8-7-12-5-3-4-6-14(12)13/h3-6,11,13H,2,7-10H2,1H3,(H2,19,24)(H,20,23). The van der Waals surface area contributed by atoms with Crippen LogP contribution in [0.25, 0.3) is 0 Å². The van der Waals surface area contributed by atoms with Crippen LogP contribution in [0.4, 0.5) is 5.69 Å². The maximum atomic E-state index is 12.3. The van der Waals surface area contributed by atoms with Gasteiger partial charge in [-0.1, -0.05) is 24.3 Å². The highest BCUT2D eigenvalue weighted by Gasteiger charge is 2.23. The predicted molar refractivity (Wildman–Crippen MR) is 91.8 cm³/mol. The number of carbonyl (C=O) groups is 2. The second-order valence-electron chi connectivity index (χ2n) is 6.13. The first-order chi connectivity index (χ1) is 11.6. The molecule has 1 heterocycles. The highest BCUT2D eigenvalue weighted by molar-refractivity contribution is 6.01. The second-order valence-corrected chi connectivity index (χ2v) is 6.13. The van der Waals surface area contributed by atoms with Crippen molar-refractivity contribution in [3.8, 4) is 0 Å². The summed E-state index contributed by atoms with van der Waals surface area (Å²) in [5, 5.41) is 6.85. The summed E-state index contributed by atoms with van der Waals surface area (Å²) in [5.41, 5.74) is 8.57. The molecule has 0 fully saturated rings. The summed E-state index contributed by atoms with van der Waals surface area (Å²) in [6.07, 6.45) is 5.03. The lowest BCUT2D eigenvalue weighted by atomic mass is 9.96. The Bertz CT molecular complexity index is 766. The van der Waals surface area contributed by atoms with Crippen molar-refractivity contribution in [2.45, 2.75) is 45.1 Å². The summed E-state index contributed by atoms with van der Waals surface area (Å²) >= 11 is 0. The van der Waals surface area contributed by atoms with E-state index in [0.29, 0.717) is 24.6 Å². The molecule has 0 saturated carbocycles. The fraction of sp³-hybridized carbons (Fsp3) is 0.389. The molecule has 1 unspecified atom stereocenters. The van der Waals surface area contributed by atoms with Gasteiger partial charge in [0.15, 0.2) is 5.69 Å². The van der Waals surface area contributed by atoms with Crippen LogP contribution in [-0.2, 0) is 17.8 Å². The van der Waals surface area contributed by atoms with E-state index in [1.807, 2.05) is 6.92 Å². The van der Waals surface area contributed by atoms with Crippen LogP contribution in [0.3, 0.4) is 0 Å². The van der Waals surface area contributed by atoms with E-state index in [0.717, 1.165) is 19.3 Å². The zero-order chi connectivity index (χ0) is 17.1. The molecule has 0 spiro atoms. The molecule has 2 aromatic rings. The summed E-state index contributed by atoms with van der Waals surface area (Å²) in [6.45, 7) is 2.51. The maximum absolute atomic E-state index is 12.3. The lowest BCUT2D eigenvalue weighted by Crippen LogP contribution is -2.18. The topological polar surface area (TPSA) is 90.0 Å². The highest BCUT2D eigenvalue weighted by Crippen LogP contribution is 2.36. The number of aromatic nitrogens is 2. The molecule has 2 amide bonds. The van der Waals surface area contributed by atoms with Gasteiger partial charge < -0.3 is 11.1 Å². The average molecular weight is 326 g/mol. The number of nitrogens with one attached hydrogen (secondary N) is 1. The molecule has 1 aromatic carbocycles. The fourth-order valence-electron chi connectivity index (χ4n) is 3.32.